The molecule has 0 fully saturated rings. The first-order valence-electron chi connectivity index (χ1n) is 9.03. The second-order valence-electron chi connectivity index (χ2n) is 7.32. The van der Waals surface area contributed by atoms with E-state index in [2.05, 4.69) is 37.1 Å². The first-order chi connectivity index (χ1) is 12.0. The van der Waals surface area contributed by atoms with Crippen LogP contribution in [0.4, 0.5) is 0 Å². The number of rotatable bonds is 1. The van der Waals surface area contributed by atoms with Crippen LogP contribution in [-0.2, 0) is 31.2 Å². The van der Waals surface area contributed by atoms with Crippen molar-refractivity contribution in [2.24, 2.45) is 7.05 Å². The molecule has 0 unspecified atom stereocenters. The Hall–Kier alpha value is -2.14. The second kappa shape index (κ2) is 5.99. The lowest BCUT2D eigenvalue weighted by Crippen LogP contribution is -2.38. The van der Waals surface area contributed by atoms with Gasteiger partial charge in [0.1, 0.15) is 5.69 Å². The lowest BCUT2D eigenvalue weighted by molar-refractivity contribution is -0.00714. The zero-order valence-electron chi connectivity index (χ0n) is 15.4. The Morgan fingerprint density at radius 1 is 1.28 bits per heavy atom. The number of carbonyl (C=O) groups is 1. The minimum absolute atomic E-state index is 0.0590. The molecule has 1 aromatic heterocycles. The molecular weight excluding hydrogens is 314 g/mol. The highest BCUT2D eigenvalue weighted by Gasteiger charge is 2.33. The van der Waals surface area contributed by atoms with Crippen molar-refractivity contribution in [3.05, 3.63) is 51.8 Å². The topological polar surface area (TPSA) is 47.4 Å². The number of nitrogens with zero attached hydrogens (tertiary/aromatic N) is 3. The summed E-state index contributed by atoms with van der Waals surface area (Å²) in [5, 5.41) is 4.59. The van der Waals surface area contributed by atoms with Crippen LogP contribution >= 0.6 is 0 Å². The van der Waals surface area contributed by atoms with Crippen molar-refractivity contribution < 1.29 is 9.53 Å². The van der Waals surface area contributed by atoms with Gasteiger partial charge in [-0.2, -0.15) is 5.10 Å². The molecule has 0 radical (unpaired) electrons. The number of carbonyl (C=O) groups excluding carboxylic acids is 1. The van der Waals surface area contributed by atoms with Gasteiger partial charge in [0.05, 0.1) is 17.9 Å². The summed E-state index contributed by atoms with van der Waals surface area (Å²) in [6.45, 7) is 7.66. The largest absolute Gasteiger partial charge is 0.369 e. The quantitative estimate of drug-likeness (QED) is 0.802. The Morgan fingerprint density at radius 3 is 2.88 bits per heavy atom. The van der Waals surface area contributed by atoms with Crippen molar-refractivity contribution in [3.63, 3.8) is 0 Å². The van der Waals surface area contributed by atoms with Crippen molar-refractivity contribution in [1.29, 1.82) is 0 Å². The number of benzene rings is 1. The molecule has 2 atom stereocenters. The number of hydrogen-bond acceptors (Lipinski definition) is 3. The van der Waals surface area contributed by atoms with Crippen LogP contribution in [0.3, 0.4) is 0 Å². The lowest BCUT2D eigenvalue weighted by atomic mass is 9.94. The molecular formula is C20H25N3O2. The van der Waals surface area contributed by atoms with Crippen molar-refractivity contribution in [1.82, 2.24) is 14.7 Å². The van der Waals surface area contributed by atoms with E-state index in [1.807, 2.05) is 18.9 Å². The third kappa shape index (κ3) is 2.67. The van der Waals surface area contributed by atoms with Crippen LogP contribution < -0.4 is 0 Å². The van der Waals surface area contributed by atoms with Crippen molar-refractivity contribution in [2.75, 3.05) is 6.54 Å². The molecule has 132 valence electrons. The molecule has 0 saturated carbocycles. The monoisotopic (exact) mass is 339 g/mol. The number of fused-ring (bicyclic) bond motifs is 2. The van der Waals surface area contributed by atoms with Gasteiger partial charge in [0.2, 0.25) is 0 Å². The van der Waals surface area contributed by atoms with Gasteiger partial charge in [0, 0.05) is 32.1 Å². The van der Waals surface area contributed by atoms with Gasteiger partial charge < -0.3 is 9.64 Å². The summed E-state index contributed by atoms with van der Waals surface area (Å²) in [5.74, 6) is 0.0877. The van der Waals surface area contributed by atoms with Crippen LogP contribution in [0.5, 0.6) is 0 Å². The molecule has 2 aromatic rings. The van der Waals surface area contributed by atoms with Crippen LogP contribution in [0.1, 0.15) is 58.4 Å². The molecule has 0 bridgehead atoms. The maximum absolute atomic E-state index is 13.3. The fourth-order valence-electron chi connectivity index (χ4n) is 4.26. The standard InChI is InChI=1S/C20H25N3O2/c1-12-6-5-7-15-11-23(9-8-16(12)15)20(24)19-17-10-13(2)25-14(3)18(17)21-22(19)4/h5-7,13-14H,8-11H2,1-4H3/t13-,14+/m1/s1. The molecule has 2 aliphatic heterocycles. The third-order valence-electron chi connectivity index (χ3n) is 5.48. The highest BCUT2D eigenvalue weighted by atomic mass is 16.5. The normalized spacial score (nSPS) is 22.5. The van der Waals surface area contributed by atoms with Crippen LogP contribution in [-0.4, -0.2) is 33.2 Å². The van der Waals surface area contributed by atoms with E-state index in [9.17, 15) is 4.79 Å². The predicted octanol–water partition coefficient (Wildman–Crippen LogP) is 2.95. The first kappa shape index (κ1) is 16.3. The van der Waals surface area contributed by atoms with Crippen LogP contribution in [0.15, 0.2) is 18.2 Å². The molecule has 0 aliphatic carbocycles. The Morgan fingerprint density at radius 2 is 2.08 bits per heavy atom. The molecule has 1 aromatic carbocycles. The molecule has 1 amide bonds. The minimum Gasteiger partial charge on any atom is -0.369 e. The van der Waals surface area contributed by atoms with Gasteiger partial charge in [0.15, 0.2) is 0 Å². The molecule has 5 heteroatoms. The Balaban J connectivity index is 1.67. The van der Waals surface area contributed by atoms with Gasteiger partial charge >= 0.3 is 0 Å². The van der Waals surface area contributed by atoms with Crippen LogP contribution in [0.25, 0.3) is 0 Å². The van der Waals surface area contributed by atoms with Crippen molar-refractivity contribution in [2.45, 2.75) is 52.4 Å². The minimum atomic E-state index is -0.0590. The highest BCUT2D eigenvalue weighted by Crippen LogP contribution is 2.32. The van der Waals surface area contributed by atoms with E-state index in [4.69, 9.17) is 4.74 Å². The third-order valence-corrected chi connectivity index (χ3v) is 5.48. The number of hydrogen-bond donors (Lipinski definition) is 0. The first-order valence-corrected chi connectivity index (χ1v) is 9.03. The molecule has 2 aliphatic rings. The molecule has 3 heterocycles. The smallest absolute Gasteiger partial charge is 0.272 e. The molecule has 0 saturated heterocycles. The van der Waals surface area contributed by atoms with Crippen molar-refractivity contribution >= 4 is 5.91 Å². The van der Waals surface area contributed by atoms with Crippen LogP contribution in [0, 0.1) is 6.92 Å². The van der Waals surface area contributed by atoms with Gasteiger partial charge in [-0.15, -0.1) is 0 Å². The zero-order valence-corrected chi connectivity index (χ0v) is 15.4. The van der Waals surface area contributed by atoms with Gasteiger partial charge in [0.25, 0.3) is 5.91 Å². The Labute approximate surface area is 148 Å². The SMILES string of the molecule is Cc1cccc2c1CCN(C(=O)c1c3c(nn1C)[C@H](C)O[C@H](C)C3)C2. The van der Waals surface area contributed by atoms with E-state index in [0.717, 1.165) is 36.3 Å². The van der Waals surface area contributed by atoms with Gasteiger partial charge in [-0.1, -0.05) is 18.2 Å². The van der Waals surface area contributed by atoms with Gasteiger partial charge in [-0.25, -0.2) is 0 Å². The van der Waals surface area contributed by atoms with E-state index in [0.29, 0.717) is 6.54 Å². The summed E-state index contributed by atoms with van der Waals surface area (Å²) >= 11 is 0. The fraction of sp³-hybridized carbons (Fsp3) is 0.500. The number of amides is 1. The van der Waals surface area contributed by atoms with E-state index < -0.39 is 0 Å². The molecule has 5 nitrogen and oxygen atoms in total. The summed E-state index contributed by atoms with van der Waals surface area (Å²) in [6, 6.07) is 6.36. The van der Waals surface area contributed by atoms with E-state index in [1.165, 1.54) is 16.7 Å². The average Bonchev–Trinajstić information content (AvgIpc) is 2.90. The fourth-order valence-corrected chi connectivity index (χ4v) is 4.26. The maximum Gasteiger partial charge on any atom is 0.272 e. The Kier molecular flexibility index (Phi) is 3.91. The average molecular weight is 339 g/mol. The summed E-state index contributed by atoms with van der Waals surface area (Å²) < 4.78 is 7.61. The highest BCUT2D eigenvalue weighted by molar-refractivity contribution is 5.94. The number of ether oxygens (including phenoxy) is 1. The van der Waals surface area contributed by atoms with E-state index >= 15 is 0 Å². The second-order valence-corrected chi connectivity index (χ2v) is 7.32. The molecule has 0 spiro atoms. The zero-order chi connectivity index (χ0) is 17.7. The van der Waals surface area contributed by atoms with Crippen LogP contribution in [0.2, 0.25) is 0 Å². The lowest BCUT2D eigenvalue weighted by Gasteiger charge is -2.31. The molecule has 4 rings (SSSR count). The van der Waals surface area contributed by atoms with Gasteiger partial charge in [-0.05, 0) is 43.9 Å². The molecule has 0 N–H and O–H groups in total. The molecule has 25 heavy (non-hydrogen) atoms. The maximum atomic E-state index is 13.3. The van der Waals surface area contributed by atoms with Crippen molar-refractivity contribution in [3.8, 4) is 0 Å². The number of aromatic nitrogens is 2. The summed E-state index contributed by atoms with van der Waals surface area (Å²) in [6.07, 6.45) is 1.72. The summed E-state index contributed by atoms with van der Waals surface area (Å²) in [4.78, 5) is 15.2. The summed E-state index contributed by atoms with van der Waals surface area (Å²) in [5.41, 5.74) is 6.69. The van der Waals surface area contributed by atoms with Gasteiger partial charge in [-0.3, -0.25) is 9.48 Å². The predicted molar refractivity (Wildman–Crippen MR) is 95.5 cm³/mol. The van der Waals surface area contributed by atoms with E-state index in [-0.39, 0.29) is 18.1 Å². The van der Waals surface area contributed by atoms with E-state index in [1.54, 1.807) is 4.68 Å². The summed E-state index contributed by atoms with van der Waals surface area (Å²) in [7, 11) is 1.87. The number of aryl methyl sites for hydroxylation is 2. The Bertz CT molecular complexity index is 840.